The van der Waals surface area contributed by atoms with Gasteiger partial charge in [-0.15, -0.1) is 0 Å². The van der Waals surface area contributed by atoms with Crippen LogP contribution in [-0.4, -0.2) is 45.5 Å². The molecule has 0 aliphatic rings. The molecule has 0 fully saturated rings. The van der Waals surface area contributed by atoms with E-state index in [4.69, 9.17) is 16.3 Å². The Balaban J connectivity index is 2.74. The van der Waals surface area contributed by atoms with E-state index < -0.39 is 8.07 Å². The van der Waals surface area contributed by atoms with Crippen LogP contribution in [-0.2, 0) is 4.74 Å². The molecule has 0 amide bonds. The van der Waals surface area contributed by atoms with Crippen LogP contribution in [0.25, 0.3) is 0 Å². The van der Waals surface area contributed by atoms with Gasteiger partial charge in [-0.3, -0.25) is 0 Å². The molecule has 134 valence electrons. The Kier molecular flexibility index (Phi) is 7.96. The lowest BCUT2D eigenvalue weighted by Crippen LogP contribution is -2.20. The minimum Gasteiger partial charge on any atom is -0.462 e. The summed E-state index contributed by atoms with van der Waals surface area (Å²) in [5.74, 6) is -0.314. The van der Waals surface area contributed by atoms with Gasteiger partial charge in [-0.1, -0.05) is 37.3 Å². The third-order valence-corrected chi connectivity index (χ3v) is 5.87. The number of hydrogen-bond donors (Lipinski definition) is 0. The Morgan fingerprint density at radius 1 is 1.38 bits per heavy atom. The van der Waals surface area contributed by atoms with E-state index in [-0.39, 0.29) is 5.97 Å². The molecule has 0 atom stereocenters. The maximum absolute atomic E-state index is 12.2. The standard InChI is InChI=1S/C18H29ClN2O2Si/c1-7-21(3)13-20-17-11-14(2)15(12-16(17)19)18(22)23-9-8-10-24(4,5)6/h11-13H,7-10H2,1-6H3. The molecule has 1 aromatic rings. The molecule has 0 aromatic heterocycles. The molecule has 6 heteroatoms. The van der Waals surface area contributed by atoms with E-state index in [0.29, 0.717) is 22.9 Å². The third-order valence-electron chi connectivity index (χ3n) is 3.71. The summed E-state index contributed by atoms with van der Waals surface area (Å²) in [5.41, 5.74) is 1.99. The van der Waals surface area contributed by atoms with Crippen molar-refractivity contribution in [3.8, 4) is 0 Å². The van der Waals surface area contributed by atoms with Gasteiger partial charge in [0.1, 0.15) is 0 Å². The van der Waals surface area contributed by atoms with Crippen molar-refractivity contribution >= 4 is 37.7 Å². The van der Waals surface area contributed by atoms with Crippen molar-refractivity contribution in [1.82, 2.24) is 4.90 Å². The smallest absolute Gasteiger partial charge is 0.338 e. The average molecular weight is 369 g/mol. The van der Waals surface area contributed by atoms with Crippen LogP contribution >= 0.6 is 11.6 Å². The van der Waals surface area contributed by atoms with E-state index in [1.165, 1.54) is 0 Å². The maximum Gasteiger partial charge on any atom is 0.338 e. The van der Waals surface area contributed by atoms with Crippen LogP contribution in [0.3, 0.4) is 0 Å². The van der Waals surface area contributed by atoms with Crippen molar-refractivity contribution in [1.29, 1.82) is 0 Å². The van der Waals surface area contributed by atoms with Gasteiger partial charge in [0.05, 0.1) is 29.2 Å². The van der Waals surface area contributed by atoms with E-state index in [9.17, 15) is 4.79 Å². The Bertz CT molecular complexity index is 597. The maximum atomic E-state index is 12.2. The molecule has 0 aliphatic heterocycles. The number of aliphatic imine (C=N–C) groups is 1. The first-order chi connectivity index (χ1) is 11.1. The summed E-state index contributed by atoms with van der Waals surface area (Å²) < 4.78 is 5.39. The van der Waals surface area contributed by atoms with Crippen LogP contribution in [0.15, 0.2) is 17.1 Å². The minimum absolute atomic E-state index is 0.314. The van der Waals surface area contributed by atoms with E-state index in [1.54, 1.807) is 12.4 Å². The van der Waals surface area contributed by atoms with Gasteiger partial charge in [0.15, 0.2) is 0 Å². The van der Waals surface area contributed by atoms with Gasteiger partial charge in [0.25, 0.3) is 0 Å². The normalized spacial score (nSPS) is 11.8. The lowest BCUT2D eigenvalue weighted by molar-refractivity contribution is 0.0504. The van der Waals surface area contributed by atoms with Crippen LogP contribution in [0.1, 0.15) is 29.3 Å². The SMILES string of the molecule is CCN(C)C=Nc1cc(C)c(C(=O)OCCC[Si](C)(C)C)cc1Cl. The number of benzene rings is 1. The minimum atomic E-state index is -1.09. The van der Waals surface area contributed by atoms with Gasteiger partial charge in [0.2, 0.25) is 0 Å². The summed E-state index contributed by atoms with van der Waals surface area (Å²) in [6.07, 6.45) is 2.65. The summed E-state index contributed by atoms with van der Waals surface area (Å²) in [4.78, 5) is 18.6. The predicted molar refractivity (Wildman–Crippen MR) is 106 cm³/mol. The zero-order chi connectivity index (χ0) is 18.3. The number of ether oxygens (including phenoxy) is 1. The Labute approximate surface area is 151 Å². The molecular formula is C18H29ClN2O2Si. The third kappa shape index (κ3) is 7.05. The Morgan fingerprint density at radius 3 is 2.62 bits per heavy atom. The van der Waals surface area contributed by atoms with E-state index in [2.05, 4.69) is 24.6 Å². The lowest BCUT2D eigenvalue weighted by Gasteiger charge is -2.15. The first-order valence-corrected chi connectivity index (χ1v) is 12.4. The first kappa shape index (κ1) is 20.7. The fourth-order valence-electron chi connectivity index (χ4n) is 2.07. The second-order valence-corrected chi connectivity index (χ2v) is 13.3. The fraction of sp³-hybridized carbons (Fsp3) is 0.556. The number of esters is 1. The molecule has 0 bridgehead atoms. The summed E-state index contributed by atoms with van der Waals surface area (Å²) >= 11 is 6.26. The topological polar surface area (TPSA) is 41.9 Å². The number of carbonyl (C=O) groups is 1. The van der Waals surface area contributed by atoms with Gasteiger partial charge >= 0.3 is 5.97 Å². The second kappa shape index (κ2) is 9.23. The molecule has 0 heterocycles. The summed E-state index contributed by atoms with van der Waals surface area (Å²) in [7, 11) is 0.851. The first-order valence-electron chi connectivity index (χ1n) is 8.35. The zero-order valence-corrected chi connectivity index (χ0v) is 17.4. The molecule has 0 N–H and O–H groups in total. The lowest BCUT2D eigenvalue weighted by atomic mass is 10.1. The average Bonchev–Trinajstić information content (AvgIpc) is 2.50. The van der Waals surface area contributed by atoms with Gasteiger partial charge in [-0.05, 0) is 38.0 Å². The highest BCUT2D eigenvalue weighted by atomic mass is 35.5. The van der Waals surface area contributed by atoms with Crippen molar-refractivity contribution in [2.24, 2.45) is 4.99 Å². The molecule has 24 heavy (non-hydrogen) atoms. The van der Waals surface area contributed by atoms with E-state index in [0.717, 1.165) is 24.6 Å². The summed E-state index contributed by atoms with van der Waals surface area (Å²) in [5, 5.41) is 0.454. The second-order valence-electron chi connectivity index (χ2n) is 7.24. The molecular weight excluding hydrogens is 340 g/mol. The molecule has 0 aliphatic carbocycles. The molecule has 4 nitrogen and oxygen atoms in total. The van der Waals surface area contributed by atoms with E-state index >= 15 is 0 Å². The largest absolute Gasteiger partial charge is 0.462 e. The van der Waals surface area contributed by atoms with Gasteiger partial charge in [-0.2, -0.15) is 0 Å². The van der Waals surface area contributed by atoms with Crippen molar-refractivity contribution in [3.63, 3.8) is 0 Å². The van der Waals surface area contributed by atoms with Crippen LogP contribution in [0.5, 0.6) is 0 Å². The highest BCUT2D eigenvalue weighted by molar-refractivity contribution is 6.76. The Morgan fingerprint density at radius 2 is 2.04 bits per heavy atom. The molecule has 0 saturated carbocycles. The zero-order valence-electron chi connectivity index (χ0n) is 15.6. The molecule has 1 rings (SSSR count). The van der Waals surface area contributed by atoms with Gasteiger partial charge < -0.3 is 9.64 Å². The van der Waals surface area contributed by atoms with Crippen LogP contribution < -0.4 is 0 Å². The van der Waals surface area contributed by atoms with Crippen molar-refractivity contribution in [3.05, 3.63) is 28.3 Å². The number of halogens is 1. The quantitative estimate of drug-likeness (QED) is 0.209. The van der Waals surface area contributed by atoms with Crippen molar-refractivity contribution in [2.45, 2.75) is 46.0 Å². The van der Waals surface area contributed by atoms with Crippen LogP contribution in [0.4, 0.5) is 5.69 Å². The summed E-state index contributed by atoms with van der Waals surface area (Å²) in [6.45, 7) is 12.2. The van der Waals surface area contributed by atoms with Gasteiger partial charge in [0, 0.05) is 21.7 Å². The number of aryl methyl sites for hydroxylation is 1. The van der Waals surface area contributed by atoms with Crippen molar-refractivity contribution in [2.75, 3.05) is 20.2 Å². The van der Waals surface area contributed by atoms with Crippen LogP contribution in [0.2, 0.25) is 30.7 Å². The van der Waals surface area contributed by atoms with E-state index in [1.807, 2.05) is 31.9 Å². The Hall–Kier alpha value is -1.33. The molecule has 0 saturated heterocycles. The fourth-order valence-corrected chi connectivity index (χ4v) is 3.49. The molecule has 1 aromatic carbocycles. The highest BCUT2D eigenvalue weighted by Gasteiger charge is 2.15. The van der Waals surface area contributed by atoms with Crippen LogP contribution in [0, 0.1) is 6.92 Å². The molecule has 0 radical (unpaired) electrons. The summed E-state index contributed by atoms with van der Waals surface area (Å²) in [6, 6.07) is 4.62. The molecule has 0 unspecified atom stereocenters. The monoisotopic (exact) mass is 368 g/mol. The highest BCUT2D eigenvalue weighted by Crippen LogP contribution is 2.28. The number of carbonyl (C=O) groups excluding carboxylic acids is 1. The van der Waals surface area contributed by atoms with Gasteiger partial charge in [-0.25, -0.2) is 9.79 Å². The van der Waals surface area contributed by atoms with Crippen molar-refractivity contribution < 1.29 is 9.53 Å². The molecule has 0 spiro atoms. The number of hydrogen-bond acceptors (Lipinski definition) is 3. The number of nitrogens with zero attached hydrogens (tertiary/aromatic N) is 2. The predicted octanol–water partition coefficient (Wildman–Crippen LogP) is 5.15. The number of rotatable bonds is 8.